The van der Waals surface area contributed by atoms with Gasteiger partial charge < -0.3 is 4.43 Å². The second-order valence-electron chi connectivity index (χ2n) is 3.84. The molecule has 0 spiro atoms. The molecular formula is C11H26OSi. The molecule has 0 aromatic heterocycles. The van der Waals surface area contributed by atoms with Gasteiger partial charge in [0.2, 0.25) is 0 Å². The van der Waals surface area contributed by atoms with E-state index in [0.717, 1.165) is 12.5 Å². The van der Waals surface area contributed by atoms with Crippen LogP contribution in [0, 0.1) is 5.92 Å². The summed E-state index contributed by atoms with van der Waals surface area (Å²) in [5, 5.41) is 0. The summed E-state index contributed by atoms with van der Waals surface area (Å²) >= 11 is 0. The van der Waals surface area contributed by atoms with E-state index in [4.69, 9.17) is 4.43 Å². The second kappa shape index (κ2) is 10.3. The van der Waals surface area contributed by atoms with Crippen molar-refractivity contribution in [3.8, 4) is 0 Å². The summed E-state index contributed by atoms with van der Waals surface area (Å²) in [5.41, 5.74) is 0. The fourth-order valence-electron chi connectivity index (χ4n) is 1.39. The second-order valence-corrected chi connectivity index (χ2v) is 5.37. The van der Waals surface area contributed by atoms with Gasteiger partial charge in [0.15, 0.2) is 9.76 Å². The van der Waals surface area contributed by atoms with Gasteiger partial charge in [0.1, 0.15) is 0 Å². The summed E-state index contributed by atoms with van der Waals surface area (Å²) in [7, 11) is -0.164. The summed E-state index contributed by atoms with van der Waals surface area (Å²) < 4.78 is 5.76. The maximum Gasteiger partial charge on any atom is 0.161 e. The smallest absolute Gasteiger partial charge is 0.161 e. The lowest BCUT2D eigenvalue weighted by Crippen LogP contribution is -2.11. The predicted molar refractivity (Wildman–Crippen MR) is 62.9 cm³/mol. The van der Waals surface area contributed by atoms with Crippen molar-refractivity contribution >= 4 is 9.76 Å². The molecule has 1 atom stereocenters. The predicted octanol–water partition coefficient (Wildman–Crippen LogP) is 3.13. The van der Waals surface area contributed by atoms with E-state index in [9.17, 15) is 0 Å². The van der Waals surface area contributed by atoms with Crippen LogP contribution in [0.5, 0.6) is 0 Å². The molecular weight excluding hydrogens is 176 g/mol. The third-order valence-electron chi connectivity index (χ3n) is 2.54. The SMILES string of the molecule is CCCCC(CC)CO[SiH2]CCC. The van der Waals surface area contributed by atoms with E-state index in [2.05, 4.69) is 20.8 Å². The van der Waals surface area contributed by atoms with Crippen LogP contribution in [0.2, 0.25) is 6.04 Å². The van der Waals surface area contributed by atoms with Gasteiger partial charge in [-0.25, -0.2) is 0 Å². The first kappa shape index (κ1) is 13.2. The molecule has 0 saturated heterocycles. The minimum absolute atomic E-state index is 0.164. The van der Waals surface area contributed by atoms with Crippen LogP contribution < -0.4 is 0 Å². The molecule has 0 aromatic rings. The summed E-state index contributed by atoms with van der Waals surface area (Å²) in [6.45, 7) is 7.83. The fourth-order valence-corrected chi connectivity index (χ4v) is 2.39. The Morgan fingerprint density at radius 2 is 1.92 bits per heavy atom. The Kier molecular flexibility index (Phi) is 10.4. The van der Waals surface area contributed by atoms with Gasteiger partial charge in [0, 0.05) is 6.61 Å². The van der Waals surface area contributed by atoms with Gasteiger partial charge in [-0.2, -0.15) is 0 Å². The van der Waals surface area contributed by atoms with Crippen molar-refractivity contribution in [1.29, 1.82) is 0 Å². The van der Waals surface area contributed by atoms with Gasteiger partial charge in [-0.05, 0) is 18.4 Å². The highest BCUT2D eigenvalue weighted by Gasteiger charge is 2.04. The standard InChI is InChI=1S/C11H26OSi/c1-4-7-8-11(6-3)10-12-13-9-5-2/h11H,4-10,13H2,1-3H3. The molecule has 0 heterocycles. The highest BCUT2D eigenvalue weighted by molar-refractivity contribution is 6.26. The van der Waals surface area contributed by atoms with Gasteiger partial charge in [0.25, 0.3) is 0 Å². The Morgan fingerprint density at radius 1 is 1.15 bits per heavy atom. The van der Waals surface area contributed by atoms with Gasteiger partial charge in [-0.15, -0.1) is 0 Å². The van der Waals surface area contributed by atoms with Crippen LogP contribution >= 0.6 is 0 Å². The first-order valence-electron chi connectivity index (χ1n) is 5.92. The molecule has 0 saturated carbocycles. The van der Waals surface area contributed by atoms with Crippen molar-refractivity contribution in [1.82, 2.24) is 0 Å². The summed E-state index contributed by atoms with van der Waals surface area (Å²) in [5.74, 6) is 0.837. The highest BCUT2D eigenvalue weighted by Crippen LogP contribution is 2.12. The zero-order chi connectivity index (χ0) is 9.94. The van der Waals surface area contributed by atoms with Crippen molar-refractivity contribution in [2.45, 2.75) is 58.9 Å². The third kappa shape index (κ3) is 8.51. The lowest BCUT2D eigenvalue weighted by molar-refractivity contribution is 0.242. The minimum atomic E-state index is -0.164. The van der Waals surface area contributed by atoms with Crippen LogP contribution in [0.4, 0.5) is 0 Å². The third-order valence-corrected chi connectivity index (χ3v) is 4.06. The lowest BCUT2D eigenvalue weighted by atomic mass is 10.0. The average Bonchev–Trinajstić information content (AvgIpc) is 2.17. The van der Waals surface area contributed by atoms with E-state index in [-0.39, 0.29) is 9.76 Å². The zero-order valence-corrected chi connectivity index (χ0v) is 11.1. The van der Waals surface area contributed by atoms with E-state index in [1.807, 2.05) is 0 Å². The van der Waals surface area contributed by atoms with Crippen molar-refractivity contribution in [2.75, 3.05) is 6.61 Å². The summed E-state index contributed by atoms with van der Waals surface area (Å²) in [4.78, 5) is 0. The topological polar surface area (TPSA) is 9.23 Å². The van der Waals surface area contributed by atoms with Crippen molar-refractivity contribution in [3.63, 3.8) is 0 Å². The van der Waals surface area contributed by atoms with Crippen LogP contribution in [0.25, 0.3) is 0 Å². The molecule has 0 aliphatic rings. The molecule has 13 heavy (non-hydrogen) atoms. The molecule has 80 valence electrons. The molecule has 0 fully saturated rings. The molecule has 2 heteroatoms. The van der Waals surface area contributed by atoms with Crippen LogP contribution in [0.1, 0.15) is 52.9 Å². The Balaban J connectivity index is 3.25. The normalized spacial score (nSPS) is 14.1. The molecule has 1 nitrogen and oxygen atoms in total. The van der Waals surface area contributed by atoms with Crippen molar-refractivity contribution < 1.29 is 4.43 Å². The van der Waals surface area contributed by atoms with Gasteiger partial charge >= 0.3 is 0 Å². The van der Waals surface area contributed by atoms with Gasteiger partial charge in [-0.3, -0.25) is 0 Å². The van der Waals surface area contributed by atoms with E-state index in [1.54, 1.807) is 0 Å². The van der Waals surface area contributed by atoms with Gasteiger partial charge in [-0.1, -0.05) is 46.5 Å². The molecule has 0 bridgehead atoms. The van der Waals surface area contributed by atoms with Gasteiger partial charge in [0.05, 0.1) is 0 Å². The van der Waals surface area contributed by atoms with E-state index in [1.165, 1.54) is 38.1 Å². The molecule has 1 unspecified atom stereocenters. The lowest BCUT2D eigenvalue weighted by Gasteiger charge is -2.14. The number of rotatable bonds is 9. The highest BCUT2D eigenvalue weighted by atomic mass is 28.2. The largest absolute Gasteiger partial charge is 0.424 e. The van der Waals surface area contributed by atoms with Crippen LogP contribution in [0.15, 0.2) is 0 Å². The molecule has 0 radical (unpaired) electrons. The molecule has 0 rings (SSSR count). The maximum absolute atomic E-state index is 5.76. The number of hydrogen-bond acceptors (Lipinski definition) is 1. The summed E-state index contributed by atoms with van der Waals surface area (Å²) in [6.07, 6.45) is 6.66. The van der Waals surface area contributed by atoms with Crippen molar-refractivity contribution in [2.24, 2.45) is 5.92 Å². The maximum atomic E-state index is 5.76. The molecule has 0 amide bonds. The first-order valence-corrected chi connectivity index (χ1v) is 7.50. The van der Waals surface area contributed by atoms with Crippen molar-refractivity contribution in [3.05, 3.63) is 0 Å². The molecule has 0 aliphatic heterocycles. The average molecular weight is 202 g/mol. The van der Waals surface area contributed by atoms with E-state index < -0.39 is 0 Å². The number of unbranched alkanes of at least 4 members (excludes halogenated alkanes) is 1. The number of hydrogen-bond donors (Lipinski definition) is 0. The molecule has 0 aliphatic carbocycles. The first-order chi connectivity index (χ1) is 6.35. The fraction of sp³-hybridized carbons (Fsp3) is 1.00. The Hall–Kier alpha value is 0.177. The van der Waals surface area contributed by atoms with Crippen LogP contribution in [0.3, 0.4) is 0 Å². The Labute approximate surface area is 86.2 Å². The Morgan fingerprint density at radius 3 is 2.46 bits per heavy atom. The Bertz CT molecular complexity index is 96.1. The summed E-state index contributed by atoms with van der Waals surface area (Å²) in [6, 6.07) is 1.35. The van der Waals surface area contributed by atoms with Crippen LogP contribution in [-0.2, 0) is 4.43 Å². The van der Waals surface area contributed by atoms with E-state index >= 15 is 0 Å². The van der Waals surface area contributed by atoms with E-state index in [0.29, 0.717) is 0 Å². The molecule has 0 N–H and O–H groups in total. The quantitative estimate of drug-likeness (QED) is 0.412. The molecule has 0 aromatic carbocycles. The zero-order valence-electron chi connectivity index (χ0n) is 9.64. The monoisotopic (exact) mass is 202 g/mol. The van der Waals surface area contributed by atoms with Crippen LogP contribution in [-0.4, -0.2) is 16.4 Å². The minimum Gasteiger partial charge on any atom is -0.424 e.